The van der Waals surface area contributed by atoms with Crippen LogP contribution in [0.4, 0.5) is 17.6 Å². The summed E-state index contributed by atoms with van der Waals surface area (Å²) >= 11 is 0. The van der Waals surface area contributed by atoms with Gasteiger partial charge in [0.1, 0.15) is 5.56 Å². The van der Waals surface area contributed by atoms with E-state index in [0.29, 0.717) is 11.5 Å². The summed E-state index contributed by atoms with van der Waals surface area (Å²) in [6.45, 7) is 3.92. The van der Waals surface area contributed by atoms with Crippen LogP contribution in [0.1, 0.15) is 47.3 Å². The van der Waals surface area contributed by atoms with Crippen molar-refractivity contribution in [1.29, 1.82) is 0 Å². The van der Waals surface area contributed by atoms with Gasteiger partial charge in [-0.25, -0.2) is 17.6 Å². The molecule has 0 saturated heterocycles. The molecule has 0 saturated carbocycles. The average molecular weight is 354 g/mol. The van der Waals surface area contributed by atoms with Crippen LogP contribution in [-0.4, -0.2) is 12.5 Å². The number of carbonyl (C=O) groups excluding carboxylic acids is 1. The van der Waals surface area contributed by atoms with Crippen molar-refractivity contribution in [3.05, 3.63) is 70.3 Å². The van der Waals surface area contributed by atoms with E-state index in [-0.39, 0.29) is 12.6 Å². The van der Waals surface area contributed by atoms with Crippen LogP contribution in [-0.2, 0) is 0 Å². The first-order valence-corrected chi connectivity index (χ1v) is 7.69. The molecule has 0 aromatic heterocycles. The van der Waals surface area contributed by atoms with Gasteiger partial charge in [0.15, 0.2) is 23.3 Å². The zero-order valence-corrected chi connectivity index (χ0v) is 13.7. The van der Waals surface area contributed by atoms with Gasteiger partial charge in [-0.3, -0.25) is 4.79 Å². The van der Waals surface area contributed by atoms with Gasteiger partial charge in [-0.05, 0) is 17.0 Å². The fourth-order valence-corrected chi connectivity index (χ4v) is 2.31. The highest BCUT2D eigenvalue weighted by atomic mass is 19.2. The Morgan fingerprint density at radius 3 is 1.96 bits per heavy atom. The predicted molar refractivity (Wildman–Crippen MR) is 86.1 cm³/mol. The molecule has 0 aliphatic heterocycles. The van der Waals surface area contributed by atoms with Crippen LogP contribution in [0.2, 0.25) is 0 Å². The van der Waals surface area contributed by atoms with Gasteiger partial charge in [0.2, 0.25) is 0 Å². The molecule has 3 N–H and O–H groups in total. The number of benzene rings is 2. The molecule has 1 atom stereocenters. The van der Waals surface area contributed by atoms with Crippen LogP contribution >= 0.6 is 0 Å². The third-order valence-electron chi connectivity index (χ3n) is 3.85. The standard InChI is InChI=1S/C18H18F4N2O/c1-9(2)10-3-5-11(6-4-10)14(23)8-24-18(25)15-16(21)12(19)7-13(20)17(15)22/h3-7,9,14H,8,23H2,1-2H3,(H,24,25). The number of halogens is 4. The van der Waals surface area contributed by atoms with E-state index in [4.69, 9.17) is 5.73 Å². The second kappa shape index (κ2) is 7.65. The number of hydrogen-bond acceptors (Lipinski definition) is 2. The molecular weight excluding hydrogens is 336 g/mol. The Bertz CT molecular complexity index is 749. The van der Waals surface area contributed by atoms with E-state index in [1.54, 1.807) is 12.1 Å². The first kappa shape index (κ1) is 18.9. The lowest BCUT2D eigenvalue weighted by atomic mass is 9.99. The number of nitrogens with one attached hydrogen (secondary N) is 1. The first-order valence-electron chi connectivity index (χ1n) is 7.69. The molecule has 0 spiro atoms. The van der Waals surface area contributed by atoms with Gasteiger partial charge in [-0.15, -0.1) is 0 Å². The van der Waals surface area contributed by atoms with Crippen LogP contribution < -0.4 is 11.1 Å². The minimum atomic E-state index is -1.74. The second-order valence-corrected chi connectivity index (χ2v) is 5.98. The second-order valence-electron chi connectivity index (χ2n) is 5.98. The molecule has 3 nitrogen and oxygen atoms in total. The monoisotopic (exact) mass is 354 g/mol. The summed E-state index contributed by atoms with van der Waals surface area (Å²) in [6.07, 6.45) is 0. The molecule has 1 amide bonds. The molecule has 2 aromatic carbocycles. The Morgan fingerprint density at radius 2 is 1.48 bits per heavy atom. The summed E-state index contributed by atoms with van der Waals surface area (Å²) in [6, 6.07) is 6.76. The van der Waals surface area contributed by atoms with E-state index in [2.05, 4.69) is 5.32 Å². The highest BCUT2D eigenvalue weighted by molar-refractivity contribution is 5.94. The molecule has 2 rings (SSSR count). The van der Waals surface area contributed by atoms with E-state index in [1.807, 2.05) is 26.0 Å². The number of hydrogen-bond donors (Lipinski definition) is 2. The van der Waals surface area contributed by atoms with Gasteiger partial charge in [0, 0.05) is 18.7 Å². The zero-order chi connectivity index (χ0) is 18.7. The first-order chi connectivity index (χ1) is 11.7. The van der Waals surface area contributed by atoms with E-state index < -0.39 is 40.8 Å². The lowest BCUT2D eigenvalue weighted by molar-refractivity contribution is 0.0940. The van der Waals surface area contributed by atoms with Crippen LogP contribution in [0.5, 0.6) is 0 Å². The summed E-state index contributed by atoms with van der Waals surface area (Å²) in [5.74, 6) is -7.70. The van der Waals surface area contributed by atoms with Crippen molar-refractivity contribution in [2.45, 2.75) is 25.8 Å². The van der Waals surface area contributed by atoms with Crippen molar-refractivity contribution < 1.29 is 22.4 Å². The molecular formula is C18H18F4N2O. The molecule has 0 heterocycles. The van der Waals surface area contributed by atoms with Crippen LogP contribution in [0.25, 0.3) is 0 Å². The van der Waals surface area contributed by atoms with E-state index >= 15 is 0 Å². The molecule has 25 heavy (non-hydrogen) atoms. The quantitative estimate of drug-likeness (QED) is 0.634. The van der Waals surface area contributed by atoms with Gasteiger partial charge in [-0.1, -0.05) is 38.1 Å². The lowest BCUT2D eigenvalue weighted by Crippen LogP contribution is -2.33. The number of nitrogens with two attached hydrogens (primary N) is 1. The summed E-state index contributed by atoms with van der Waals surface area (Å²) < 4.78 is 53.5. The number of carbonyl (C=O) groups is 1. The molecule has 0 aliphatic rings. The van der Waals surface area contributed by atoms with Crippen molar-refractivity contribution in [2.24, 2.45) is 5.73 Å². The minimum absolute atomic E-state index is 0.0451. The number of amides is 1. The van der Waals surface area contributed by atoms with E-state index in [9.17, 15) is 22.4 Å². The predicted octanol–water partition coefficient (Wildman–Crippen LogP) is 3.80. The van der Waals surface area contributed by atoms with Gasteiger partial charge in [-0.2, -0.15) is 0 Å². The Kier molecular flexibility index (Phi) is 5.79. The maximum atomic E-state index is 13.6. The van der Waals surface area contributed by atoms with Crippen LogP contribution in [0.15, 0.2) is 30.3 Å². The molecule has 134 valence electrons. The SMILES string of the molecule is CC(C)c1ccc(C(N)CNC(=O)c2c(F)c(F)cc(F)c2F)cc1. The Labute approximate surface area is 142 Å². The Hall–Kier alpha value is -2.41. The summed E-state index contributed by atoms with van der Waals surface area (Å²) in [5.41, 5.74) is 6.44. The van der Waals surface area contributed by atoms with Crippen molar-refractivity contribution in [2.75, 3.05) is 6.54 Å². The molecule has 0 bridgehead atoms. The van der Waals surface area contributed by atoms with Crippen LogP contribution in [0.3, 0.4) is 0 Å². The topological polar surface area (TPSA) is 55.1 Å². The van der Waals surface area contributed by atoms with Crippen molar-refractivity contribution >= 4 is 5.91 Å². The zero-order valence-electron chi connectivity index (χ0n) is 13.7. The molecule has 7 heteroatoms. The van der Waals surface area contributed by atoms with Gasteiger partial charge in [0.25, 0.3) is 5.91 Å². The molecule has 0 aliphatic carbocycles. The Balaban J connectivity index is 2.10. The highest BCUT2D eigenvalue weighted by Crippen LogP contribution is 2.20. The summed E-state index contributed by atoms with van der Waals surface area (Å²) in [7, 11) is 0. The normalized spacial score (nSPS) is 12.3. The molecule has 1 unspecified atom stereocenters. The van der Waals surface area contributed by atoms with Crippen molar-refractivity contribution in [1.82, 2.24) is 5.32 Å². The Morgan fingerprint density at radius 1 is 1.00 bits per heavy atom. The maximum Gasteiger partial charge on any atom is 0.257 e. The van der Waals surface area contributed by atoms with Crippen LogP contribution in [0, 0.1) is 23.3 Å². The van der Waals surface area contributed by atoms with E-state index in [1.165, 1.54) is 0 Å². The minimum Gasteiger partial charge on any atom is -0.350 e. The lowest BCUT2D eigenvalue weighted by Gasteiger charge is -2.15. The highest BCUT2D eigenvalue weighted by Gasteiger charge is 2.25. The number of rotatable bonds is 5. The summed E-state index contributed by atoms with van der Waals surface area (Å²) in [4.78, 5) is 11.9. The summed E-state index contributed by atoms with van der Waals surface area (Å²) in [5, 5.41) is 2.19. The maximum absolute atomic E-state index is 13.6. The molecule has 0 radical (unpaired) electrons. The van der Waals surface area contributed by atoms with Gasteiger partial charge in [0.05, 0.1) is 0 Å². The average Bonchev–Trinajstić information content (AvgIpc) is 2.58. The van der Waals surface area contributed by atoms with Crippen molar-refractivity contribution in [3.63, 3.8) is 0 Å². The van der Waals surface area contributed by atoms with Gasteiger partial charge >= 0.3 is 0 Å². The van der Waals surface area contributed by atoms with Crippen molar-refractivity contribution in [3.8, 4) is 0 Å². The largest absolute Gasteiger partial charge is 0.350 e. The molecule has 0 fully saturated rings. The smallest absolute Gasteiger partial charge is 0.257 e. The third-order valence-corrected chi connectivity index (χ3v) is 3.85. The third kappa shape index (κ3) is 4.17. The van der Waals surface area contributed by atoms with E-state index in [0.717, 1.165) is 5.56 Å². The fraction of sp³-hybridized carbons (Fsp3) is 0.278. The fourth-order valence-electron chi connectivity index (χ4n) is 2.31. The van der Waals surface area contributed by atoms with Gasteiger partial charge < -0.3 is 11.1 Å². The molecule has 2 aromatic rings.